The first-order chi connectivity index (χ1) is 15.6. The van der Waals surface area contributed by atoms with Gasteiger partial charge in [0.2, 0.25) is 5.91 Å². The highest BCUT2D eigenvalue weighted by Crippen LogP contribution is 2.31. The SMILES string of the molecule is Cc1cc2nc(N(CCCN(C)C)C(=O)CCCS(=O)(=O)c3ccc(F)cc3)sc2cc1C. The Morgan fingerprint density at radius 2 is 1.70 bits per heavy atom. The molecule has 3 aromatic rings. The number of amides is 1. The Morgan fingerprint density at radius 1 is 1.03 bits per heavy atom. The van der Waals surface area contributed by atoms with Gasteiger partial charge in [-0.2, -0.15) is 0 Å². The van der Waals surface area contributed by atoms with Gasteiger partial charge in [-0.25, -0.2) is 17.8 Å². The van der Waals surface area contributed by atoms with Gasteiger partial charge in [0.25, 0.3) is 0 Å². The minimum absolute atomic E-state index is 0.0658. The van der Waals surface area contributed by atoms with Gasteiger partial charge in [-0.05, 0) is 94.9 Å². The number of rotatable bonds is 10. The fourth-order valence-electron chi connectivity index (χ4n) is 3.46. The summed E-state index contributed by atoms with van der Waals surface area (Å²) in [6.45, 7) is 5.43. The molecule has 0 unspecified atom stereocenters. The summed E-state index contributed by atoms with van der Waals surface area (Å²) < 4.78 is 39.2. The molecule has 1 aromatic heterocycles. The largest absolute Gasteiger partial charge is 0.309 e. The maximum Gasteiger partial charge on any atom is 0.228 e. The highest BCUT2D eigenvalue weighted by atomic mass is 32.2. The first-order valence-corrected chi connectivity index (χ1v) is 13.3. The summed E-state index contributed by atoms with van der Waals surface area (Å²) in [5.74, 6) is -0.803. The molecule has 0 aliphatic rings. The minimum atomic E-state index is -3.58. The Labute approximate surface area is 199 Å². The van der Waals surface area contributed by atoms with E-state index in [0.29, 0.717) is 11.7 Å². The Kier molecular flexibility index (Phi) is 8.20. The Balaban J connectivity index is 1.73. The van der Waals surface area contributed by atoms with Gasteiger partial charge in [-0.1, -0.05) is 11.3 Å². The average Bonchev–Trinajstić information content (AvgIpc) is 3.13. The van der Waals surface area contributed by atoms with Gasteiger partial charge in [0, 0.05) is 13.0 Å². The van der Waals surface area contributed by atoms with Gasteiger partial charge in [0.05, 0.1) is 20.9 Å². The number of carbonyl (C=O) groups is 1. The summed E-state index contributed by atoms with van der Waals surface area (Å²) in [7, 11) is 0.385. The second-order valence-corrected chi connectivity index (χ2v) is 11.6. The van der Waals surface area contributed by atoms with Crippen LogP contribution < -0.4 is 4.90 Å². The van der Waals surface area contributed by atoms with Crippen LogP contribution in [0.2, 0.25) is 0 Å². The van der Waals surface area contributed by atoms with E-state index < -0.39 is 15.7 Å². The van der Waals surface area contributed by atoms with Crippen molar-refractivity contribution in [3.63, 3.8) is 0 Å². The summed E-state index contributed by atoms with van der Waals surface area (Å²) in [5.41, 5.74) is 3.19. The molecule has 1 heterocycles. The third-order valence-electron chi connectivity index (χ3n) is 5.49. The normalized spacial score (nSPS) is 11.9. The number of thiazole rings is 1. The Morgan fingerprint density at radius 3 is 2.36 bits per heavy atom. The lowest BCUT2D eigenvalue weighted by atomic mass is 10.1. The van der Waals surface area contributed by atoms with Crippen molar-refractivity contribution < 1.29 is 17.6 Å². The summed E-state index contributed by atoms with van der Waals surface area (Å²) in [6, 6.07) is 8.88. The molecule has 0 fully saturated rings. The molecular formula is C24H30FN3O3S2. The lowest BCUT2D eigenvalue weighted by Crippen LogP contribution is -2.33. The quantitative estimate of drug-likeness (QED) is 0.388. The Hall–Kier alpha value is -2.36. The molecule has 0 saturated heterocycles. The van der Waals surface area contributed by atoms with Gasteiger partial charge in [0.15, 0.2) is 15.0 Å². The lowest BCUT2D eigenvalue weighted by molar-refractivity contribution is -0.118. The minimum Gasteiger partial charge on any atom is -0.309 e. The zero-order valence-electron chi connectivity index (χ0n) is 19.5. The molecule has 178 valence electrons. The van der Waals surface area contributed by atoms with E-state index in [2.05, 4.69) is 17.9 Å². The number of anilines is 1. The van der Waals surface area contributed by atoms with Crippen molar-refractivity contribution in [1.29, 1.82) is 0 Å². The predicted octanol–water partition coefficient (Wildman–Crippen LogP) is 4.59. The first kappa shape index (κ1) is 25.3. The molecule has 0 radical (unpaired) electrons. The molecule has 1 amide bonds. The van der Waals surface area contributed by atoms with E-state index >= 15 is 0 Å². The summed E-state index contributed by atoms with van der Waals surface area (Å²) in [6.07, 6.45) is 1.06. The van der Waals surface area contributed by atoms with Gasteiger partial charge >= 0.3 is 0 Å². The van der Waals surface area contributed by atoms with Gasteiger partial charge < -0.3 is 4.90 Å². The number of nitrogens with zero attached hydrogens (tertiary/aromatic N) is 3. The van der Waals surface area contributed by atoms with Crippen LogP contribution in [0.15, 0.2) is 41.3 Å². The van der Waals surface area contributed by atoms with Crippen LogP contribution in [-0.4, -0.2) is 57.1 Å². The molecule has 0 spiro atoms. The van der Waals surface area contributed by atoms with Crippen molar-refractivity contribution in [2.45, 2.75) is 38.0 Å². The maximum atomic E-state index is 13.1. The molecule has 0 aliphatic heterocycles. The number of hydrogen-bond acceptors (Lipinski definition) is 6. The van der Waals surface area contributed by atoms with Crippen molar-refractivity contribution >= 4 is 42.4 Å². The van der Waals surface area contributed by atoms with Gasteiger partial charge in [-0.15, -0.1) is 0 Å². The molecule has 0 bridgehead atoms. The van der Waals surface area contributed by atoms with Crippen LogP contribution in [-0.2, 0) is 14.6 Å². The zero-order valence-corrected chi connectivity index (χ0v) is 21.1. The number of aromatic nitrogens is 1. The van der Waals surface area contributed by atoms with Crippen molar-refractivity contribution in [3.8, 4) is 0 Å². The number of sulfone groups is 1. The number of fused-ring (bicyclic) bond motifs is 1. The predicted molar refractivity (Wildman–Crippen MR) is 132 cm³/mol. The number of halogens is 1. The Bertz CT molecular complexity index is 1180. The highest BCUT2D eigenvalue weighted by Gasteiger charge is 2.21. The van der Waals surface area contributed by atoms with Crippen molar-refractivity contribution in [3.05, 3.63) is 53.3 Å². The fraction of sp³-hybridized carbons (Fsp3) is 0.417. The van der Waals surface area contributed by atoms with Crippen LogP contribution in [0.5, 0.6) is 0 Å². The standard InChI is InChI=1S/C24H30FN3O3S2/c1-17-15-21-22(16-18(17)2)32-24(26-21)28(13-6-12-27(3)4)23(29)7-5-14-33(30,31)20-10-8-19(25)9-11-20/h8-11,15-16H,5-7,12-14H2,1-4H3. The molecule has 0 aliphatic carbocycles. The van der Waals surface area contributed by atoms with E-state index in [9.17, 15) is 17.6 Å². The number of hydrogen-bond donors (Lipinski definition) is 0. The van der Waals surface area contributed by atoms with Crippen LogP contribution in [0.1, 0.15) is 30.4 Å². The number of benzene rings is 2. The van der Waals surface area contributed by atoms with E-state index in [1.54, 1.807) is 4.90 Å². The molecular weight excluding hydrogens is 461 g/mol. The van der Waals surface area contributed by atoms with Crippen LogP contribution in [0, 0.1) is 19.7 Å². The summed E-state index contributed by atoms with van der Waals surface area (Å²) in [4.78, 5) is 21.6. The van der Waals surface area contributed by atoms with Crippen molar-refractivity contribution in [2.24, 2.45) is 0 Å². The fourth-order valence-corrected chi connectivity index (χ4v) is 5.86. The summed E-state index contributed by atoms with van der Waals surface area (Å²) in [5, 5.41) is 0.639. The molecule has 6 nitrogen and oxygen atoms in total. The average molecular weight is 492 g/mol. The monoisotopic (exact) mass is 491 g/mol. The van der Waals surface area contributed by atoms with Crippen LogP contribution in [0.4, 0.5) is 9.52 Å². The van der Waals surface area contributed by atoms with E-state index in [1.165, 1.54) is 29.0 Å². The van der Waals surface area contributed by atoms with Crippen molar-refractivity contribution in [2.75, 3.05) is 37.8 Å². The van der Waals surface area contributed by atoms with Gasteiger partial charge in [0.1, 0.15) is 5.82 Å². The van der Waals surface area contributed by atoms with Crippen LogP contribution in [0.3, 0.4) is 0 Å². The smallest absolute Gasteiger partial charge is 0.228 e. The molecule has 0 N–H and O–H groups in total. The third-order valence-corrected chi connectivity index (χ3v) is 8.35. The lowest BCUT2D eigenvalue weighted by Gasteiger charge is -2.21. The second-order valence-electron chi connectivity index (χ2n) is 8.48. The van der Waals surface area contributed by atoms with Crippen LogP contribution in [0.25, 0.3) is 10.2 Å². The van der Waals surface area contributed by atoms with Gasteiger partial charge in [-0.3, -0.25) is 9.69 Å². The molecule has 0 atom stereocenters. The maximum absolute atomic E-state index is 13.1. The molecule has 3 rings (SSSR count). The van der Waals surface area contributed by atoms with E-state index in [1.807, 2.05) is 27.1 Å². The number of carbonyl (C=O) groups excluding carboxylic acids is 1. The second kappa shape index (κ2) is 10.7. The van der Waals surface area contributed by atoms with E-state index in [0.717, 1.165) is 40.9 Å². The third kappa shape index (κ3) is 6.59. The first-order valence-electron chi connectivity index (χ1n) is 10.9. The zero-order chi connectivity index (χ0) is 24.2. The molecule has 9 heteroatoms. The number of aryl methyl sites for hydroxylation is 2. The highest BCUT2D eigenvalue weighted by molar-refractivity contribution is 7.91. The van der Waals surface area contributed by atoms with Crippen LogP contribution >= 0.6 is 11.3 Å². The molecule has 33 heavy (non-hydrogen) atoms. The van der Waals surface area contributed by atoms with E-state index in [4.69, 9.17) is 4.98 Å². The molecule has 0 saturated carbocycles. The topological polar surface area (TPSA) is 70.6 Å². The van der Waals surface area contributed by atoms with Crippen molar-refractivity contribution in [1.82, 2.24) is 9.88 Å². The summed E-state index contributed by atoms with van der Waals surface area (Å²) >= 11 is 1.48. The molecule has 2 aromatic carbocycles. The van der Waals surface area contributed by atoms with E-state index in [-0.39, 0.29) is 29.4 Å².